The first-order valence-corrected chi connectivity index (χ1v) is 16.4. The minimum absolute atomic E-state index is 0.00136. The number of pyridine rings is 1. The summed E-state index contributed by atoms with van der Waals surface area (Å²) in [6.07, 6.45) is 9.65. The highest BCUT2D eigenvalue weighted by Crippen LogP contribution is 2.30. The Labute approximate surface area is 280 Å². The van der Waals surface area contributed by atoms with Crippen LogP contribution in [0.5, 0.6) is 11.6 Å². The Kier molecular flexibility index (Phi) is 10.3. The molecule has 0 saturated heterocycles. The Hall–Kier alpha value is -4.87. The van der Waals surface area contributed by atoms with Gasteiger partial charge in [0.1, 0.15) is 29.0 Å². The third kappa shape index (κ3) is 7.98. The van der Waals surface area contributed by atoms with Crippen molar-refractivity contribution in [1.29, 1.82) is 0 Å². The number of aromatic nitrogens is 1. The number of hydrogen-bond acceptors (Lipinski definition) is 8. The van der Waals surface area contributed by atoms with E-state index in [1.807, 2.05) is 84.5 Å². The van der Waals surface area contributed by atoms with Gasteiger partial charge in [-0.05, 0) is 86.7 Å². The molecule has 1 unspecified atom stereocenters. The fourth-order valence-electron chi connectivity index (χ4n) is 6.33. The first kappa shape index (κ1) is 33.0. The molecular formula is C37H41FN6O4. The van der Waals surface area contributed by atoms with Gasteiger partial charge in [-0.2, -0.15) is 0 Å². The molecule has 2 aromatic carbocycles. The van der Waals surface area contributed by atoms with Gasteiger partial charge in [0.25, 0.3) is 5.91 Å². The number of nitrogens with zero attached hydrogens (tertiary/aromatic N) is 4. The molecule has 3 heterocycles. The molecule has 0 bridgehead atoms. The molecule has 2 aliphatic heterocycles. The van der Waals surface area contributed by atoms with Gasteiger partial charge in [-0.3, -0.25) is 19.5 Å². The number of ether oxygens (including phenoxy) is 1. The van der Waals surface area contributed by atoms with Gasteiger partial charge in [-0.15, -0.1) is 0 Å². The lowest BCUT2D eigenvalue weighted by Crippen LogP contribution is -2.47. The summed E-state index contributed by atoms with van der Waals surface area (Å²) in [4.78, 5) is 39.1. The van der Waals surface area contributed by atoms with Crippen molar-refractivity contribution >= 4 is 17.6 Å². The third-order valence-electron chi connectivity index (χ3n) is 8.97. The summed E-state index contributed by atoms with van der Waals surface area (Å²) in [6, 6.07) is 16.2. The van der Waals surface area contributed by atoms with Crippen molar-refractivity contribution in [2.45, 2.75) is 57.3 Å². The van der Waals surface area contributed by atoms with E-state index in [1.165, 1.54) is 0 Å². The van der Waals surface area contributed by atoms with Gasteiger partial charge in [0, 0.05) is 30.9 Å². The van der Waals surface area contributed by atoms with E-state index in [9.17, 15) is 14.0 Å². The molecule has 3 aromatic rings. The molecule has 1 aliphatic carbocycles. The Morgan fingerprint density at radius 2 is 1.79 bits per heavy atom. The van der Waals surface area contributed by atoms with Crippen LogP contribution in [0.2, 0.25) is 0 Å². The van der Waals surface area contributed by atoms with E-state index in [1.54, 1.807) is 6.07 Å². The molecule has 1 fully saturated rings. The van der Waals surface area contributed by atoms with E-state index in [0.717, 1.165) is 47.0 Å². The van der Waals surface area contributed by atoms with Gasteiger partial charge in [0.2, 0.25) is 11.8 Å². The number of hydrogen-bond donors (Lipinski definition) is 3. The number of amides is 2. The SMILES string of the molecule is CC1=CC=CC2=NC(C(=O)N[C@H]3CC[C@@H](NC(=O)c4cc(F)cnc4Oc4cccc(-c5ccc(CN(C)CCO)cc5)c4)CC3)CN12. The maximum Gasteiger partial charge on any atom is 0.257 e. The molecule has 11 heteroatoms. The summed E-state index contributed by atoms with van der Waals surface area (Å²) in [5, 5.41) is 15.3. The number of aliphatic hydroxyl groups excluding tert-OH is 1. The summed E-state index contributed by atoms with van der Waals surface area (Å²) < 4.78 is 20.4. The molecular weight excluding hydrogens is 611 g/mol. The van der Waals surface area contributed by atoms with Crippen LogP contribution in [0.15, 0.2) is 89.7 Å². The molecule has 48 heavy (non-hydrogen) atoms. The third-order valence-corrected chi connectivity index (χ3v) is 8.97. The number of fused-ring (bicyclic) bond motifs is 1. The van der Waals surface area contributed by atoms with E-state index in [-0.39, 0.29) is 36.0 Å². The zero-order valence-electron chi connectivity index (χ0n) is 27.2. The van der Waals surface area contributed by atoms with E-state index < -0.39 is 17.8 Å². The van der Waals surface area contributed by atoms with Crippen LogP contribution in [0.3, 0.4) is 0 Å². The largest absolute Gasteiger partial charge is 0.438 e. The van der Waals surface area contributed by atoms with E-state index in [4.69, 9.17) is 9.84 Å². The molecule has 1 atom stereocenters. The van der Waals surface area contributed by atoms with Gasteiger partial charge in [-0.1, -0.05) is 42.5 Å². The second kappa shape index (κ2) is 14.9. The molecule has 2 amide bonds. The summed E-state index contributed by atoms with van der Waals surface area (Å²) in [6.45, 7) is 3.99. The van der Waals surface area contributed by atoms with Crippen LogP contribution < -0.4 is 15.4 Å². The molecule has 1 saturated carbocycles. The zero-order chi connectivity index (χ0) is 33.6. The van der Waals surface area contributed by atoms with Gasteiger partial charge in [0.05, 0.1) is 19.3 Å². The predicted molar refractivity (Wildman–Crippen MR) is 182 cm³/mol. The first-order chi connectivity index (χ1) is 23.2. The summed E-state index contributed by atoms with van der Waals surface area (Å²) in [5.74, 6) is 0.121. The van der Waals surface area contributed by atoms with Crippen LogP contribution in [-0.4, -0.2) is 82.4 Å². The average molecular weight is 653 g/mol. The number of benzene rings is 2. The lowest BCUT2D eigenvalue weighted by atomic mass is 9.90. The van der Waals surface area contributed by atoms with E-state index in [2.05, 4.69) is 20.6 Å². The monoisotopic (exact) mass is 652 g/mol. The van der Waals surface area contributed by atoms with Gasteiger partial charge < -0.3 is 25.4 Å². The van der Waals surface area contributed by atoms with Crippen molar-refractivity contribution in [1.82, 2.24) is 25.4 Å². The van der Waals surface area contributed by atoms with Crippen molar-refractivity contribution in [2.24, 2.45) is 4.99 Å². The number of likely N-dealkylation sites (N-methyl/N-ethyl adjacent to an activating group) is 1. The van der Waals surface area contributed by atoms with Crippen LogP contribution in [0.4, 0.5) is 4.39 Å². The predicted octanol–water partition coefficient (Wildman–Crippen LogP) is 4.82. The second-order valence-electron chi connectivity index (χ2n) is 12.6. The smallest absolute Gasteiger partial charge is 0.257 e. The number of aliphatic hydroxyl groups is 1. The maximum absolute atomic E-state index is 14.3. The highest BCUT2D eigenvalue weighted by Gasteiger charge is 2.33. The number of allylic oxidation sites excluding steroid dienone is 3. The first-order valence-electron chi connectivity index (χ1n) is 16.4. The second-order valence-corrected chi connectivity index (χ2v) is 12.6. The molecule has 6 rings (SSSR count). The Morgan fingerprint density at radius 3 is 2.52 bits per heavy atom. The quantitative estimate of drug-likeness (QED) is 0.272. The van der Waals surface area contributed by atoms with Crippen LogP contribution >= 0.6 is 0 Å². The summed E-state index contributed by atoms with van der Waals surface area (Å²) in [7, 11) is 1.96. The van der Waals surface area contributed by atoms with Gasteiger partial charge >= 0.3 is 0 Å². The minimum Gasteiger partial charge on any atom is -0.438 e. The molecule has 10 nitrogen and oxygen atoms in total. The lowest BCUT2D eigenvalue weighted by Gasteiger charge is -2.30. The maximum atomic E-state index is 14.3. The summed E-state index contributed by atoms with van der Waals surface area (Å²) >= 11 is 0. The lowest BCUT2D eigenvalue weighted by molar-refractivity contribution is -0.123. The van der Waals surface area contributed by atoms with Crippen molar-refractivity contribution < 1.29 is 23.8 Å². The molecule has 3 N–H and O–H groups in total. The molecule has 1 aromatic heterocycles. The van der Waals surface area contributed by atoms with Gasteiger partial charge in [0.15, 0.2) is 0 Å². The number of halogens is 1. The molecule has 0 spiro atoms. The van der Waals surface area contributed by atoms with Crippen molar-refractivity contribution in [3.05, 3.63) is 102 Å². The Balaban J connectivity index is 1.04. The number of aliphatic imine (C=N–C) groups is 1. The van der Waals surface area contributed by atoms with Crippen molar-refractivity contribution in [3.63, 3.8) is 0 Å². The van der Waals surface area contributed by atoms with E-state index in [0.29, 0.717) is 44.5 Å². The number of carbonyl (C=O) groups is 2. The summed E-state index contributed by atoms with van der Waals surface area (Å²) in [5.41, 5.74) is 4.12. The highest BCUT2D eigenvalue weighted by molar-refractivity contribution is 6.00. The molecule has 250 valence electrons. The van der Waals surface area contributed by atoms with Gasteiger partial charge in [-0.25, -0.2) is 9.37 Å². The minimum atomic E-state index is -0.634. The Morgan fingerprint density at radius 1 is 1.04 bits per heavy atom. The molecule has 3 aliphatic rings. The topological polar surface area (TPSA) is 119 Å². The van der Waals surface area contributed by atoms with Crippen molar-refractivity contribution in [3.8, 4) is 22.8 Å². The van der Waals surface area contributed by atoms with Crippen LogP contribution in [0.1, 0.15) is 48.5 Å². The van der Waals surface area contributed by atoms with Crippen LogP contribution in [0, 0.1) is 5.82 Å². The highest BCUT2D eigenvalue weighted by atomic mass is 19.1. The number of rotatable bonds is 11. The fraction of sp³-hybridized carbons (Fsp3) is 0.351. The number of amidine groups is 1. The van der Waals surface area contributed by atoms with E-state index >= 15 is 0 Å². The van der Waals surface area contributed by atoms with Crippen LogP contribution in [-0.2, 0) is 11.3 Å². The normalized spacial score (nSPS) is 20.2. The average Bonchev–Trinajstić information content (AvgIpc) is 3.53. The van der Waals surface area contributed by atoms with Crippen LogP contribution in [0.25, 0.3) is 11.1 Å². The number of nitrogens with one attached hydrogen (secondary N) is 2. The van der Waals surface area contributed by atoms with Crippen molar-refractivity contribution in [2.75, 3.05) is 26.7 Å². The number of carbonyl (C=O) groups excluding carboxylic acids is 2. The zero-order valence-corrected chi connectivity index (χ0v) is 27.2. The fourth-order valence-corrected chi connectivity index (χ4v) is 6.33. The standard InChI is InChI=1S/C37H41FN6O4/c1-24-5-3-8-34-42-33(23-44(24)34)36(47)41-30-15-13-29(14-16-30)40-35(46)32-20-28(38)21-39-37(32)48-31-7-4-6-27(19-31)26-11-9-25(10-12-26)22-43(2)17-18-45/h3-12,19-21,29-30,33,45H,13-18,22-23H2,1-2H3,(H,40,46)(H,41,47)/t29-,30+,33?. The Bertz CT molecular complexity index is 1730. The molecule has 0 radical (unpaired) electrons.